The third-order valence-corrected chi connectivity index (χ3v) is 3.16. The number of aliphatic imine (C=N–C) groups is 1. The van der Waals surface area contributed by atoms with Gasteiger partial charge in [0.1, 0.15) is 0 Å². The van der Waals surface area contributed by atoms with Crippen LogP contribution in [-0.2, 0) is 4.74 Å². The number of hydrogen-bond donors (Lipinski definition) is 2. The van der Waals surface area contributed by atoms with Crippen LogP contribution < -0.4 is 5.32 Å². The van der Waals surface area contributed by atoms with Crippen molar-refractivity contribution in [1.82, 2.24) is 4.98 Å². The number of anilines is 1. The Kier molecular flexibility index (Phi) is 2.93. The summed E-state index contributed by atoms with van der Waals surface area (Å²) in [5.41, 5.74) is 3.90. The highest BCUT2D eigenvalue weighted by Gasteiger charge is 2.16. The first-order valence-electron chi connectivity index (χ1n) is 6.07. The third kappa shape index (κ3) is 2.18. The van der Waals surface area contributed by atoms with Crippen LogP contribution in [0.1, 0.15) is 0 Å². The highest BCUT2D eigenvalue weighted by atomic mass is 16.5. The van der Waals surface area contributed by atoms with Crippen LogP contribution in [0.15, 0.2) is 59.4 Å². The predicted octanol–water partition coefficient (Wildman–Crippen LogP) is 3.08. The van der Waals surface area contributed by atoms with Gasteiger partial charge >= 0.3 is 0 Å². The molecule has 4 heteroatoms. The molecular formula is C15H15N3O. The zero-order chi connectivity index (χ0) is 13.2. The number of nitrogens with zero attached hydrogens (tertiary/aromatic N) is 1. The van der Waals surface area contributed by atoms with Gasteiger partial charge in [-0.2, -0.15) is 0 Å². The van der Waals surface area contributed by atoms with Gasteiger partial charge in [-0.3, -0.25) is 4.99 Å². The average molecular weight is 253 g/mol. The van der Waals surface area contributed by atoms with E-state index in [1.807, 2.05) is 30.5 Å². The van der Waals surface area contributed by atoms with Gasteiger partial charge in [0.25, 0.3) is 0 Å². The molecule has 1 atom stereocenters. The van der Waals surface area contributed by atoms with Gasteiger partial charge in [-0.25, -0.2) is 0 Å². The van der Waals surface area contributed by atoms with E-state index in [-0.39, 0.29) is 6.23 Å². The molecule has 0 saturated carbocycles. The largest absolute Gasteiger partial charge is 0.361 e. The minimum absolute atomic E-state index is 0.302. The third-order valence-electron chi connectivity index (χ3n) is 3.16. The first-order chi connectivity index (χ1) is 9.28. The van der Waals surface area contributed by atoms with Gasteiger partial charge in [-0.05, 0) is 30.3 Å². The summed E-state index contributed by atoms with van der Waals surface area (Å²) in [6.45, 7) is 4.02. The summed E-state index contributed by atoms with van der Waals surface area (Å²) in [6, 6.07) is 8.21. The normalized spacial score (nSPS) is 18.7. The van der Waals surface area contributed by atoms with Gasteiger partial charge in [0.2, 0.25) is 0 Å². The second-order valence-electron chi connectivity index (χ2n) is 4.40. The number of aromatic amines is 1. The Balaban J connectivity index is 1.86. The first-order valence-corrected chi connectivity index (χ1v) is 6.07. The van der Waals surface area contributed by atoms with Gasteiger partial charge in [0.15, 0.2) is 6.23 Å². The van der Waals surface area contributed by atoms with E-state index in [4.69, 9.17) is 4.74 Å². The summed E-state index contributed by atoms with van der Waals surface area (Å²) in [5.74, 6) is 0. The van der Waals surface area contributed by atoms with E-state index in [0.29, 0.717) is 0 Å². The van der Waals surface area contributed by atoms with Crippen molar-refractivity contribution < 1.29 is 4.74 Å². The van der Waals surface area contributed by atoms with E-state index in [9.17, 15) is 0 Å². The molecule has 4 nitrogen and oxygen atoms in total. The quantitative estimate of drug-likeness (QED) is 0.883. The minimum Gasteiger partial charge on any atom is -0.361 e. The topological polar surface area (TPSA) is 49.4 Å². The molecule has 0 spiro atoms. The number of H-pyrrole nitrogens is 1. The molecule has 0 saturated heterocycles. The lowest BCUT2D eigenvalue weighted by atomic mass is 10.1. The second kappa shape index (κ2) is 4.74. The van der Waals surface area contributed by atoms with Crippen molar-refractivity contribution in [3.8, 4) is 0 Å². The lowest BCUT2D eigenvalue weighted by Gasteiger charge is -2.21. The number of methoxy groups -OCH3 is 1. The highest BCUT2D eigenvalue weighted by Crippen LogP contribution is 2.24. The summed E-state index contributed by atoms with van der Waals surface area (Å²) >= 11 is 0. The summed E-state index contributed by atoms with van der Waals surface area (Å²) < 4.78 is 5.25. The maximum absolute atomic E-state index is 5.25. The smallest absolute Gasteiger partial charge is 0.175 e. The van der Waals surface area contributed by atoms with Crippen molar-refractivity contribution in [2.45, 2.75) is 6.23 Å². The molecule has 1 aliphatic heterocycles. The molecule has 0 aliphatic carbocycles. The van der Waals surface area contributed by atoms with Crippen LogP contribution in [0.4, 0.5) is 5.69 Å². The standard InChI is InChI=1S/C15H15N3O/c1-10-13(6-8-17-15(10)19-2)18-12-3-4-14-11(9-12)5-7-16-14/h3-9,15-16,18H,1H2,2H3. The predicted molar refractivity (Wildman–Crippen MR) is 78.4 cm³/mol. The van der Waals surface area contributed by atoms with Crippen molar-refractivity contribution in [3.05, 3.63) is 54.4 Å². The van der Waals surface area contributed by atoms with E-state index in [1.54, 1.807) is 13.3 Å². The number of ether oxygens (including phenoxy) is 1. The van der Waals surface area contributed by atoms with Crippen molar-refractivity contribution in [2.24, 2.45) is 4.99 Å². The maximum Gasteiger partial charge on any atom is 0.175 e. The van der Waals surface area contributed by atoms with Crippen LogP contribution >= 0.6 is 0 Å². The number of nitrogens with one attached hydrogen (secondary N) is 2. The molecule has 1 unspecified atom stereocenters. The lowest BCUT2D eigenvalue weighted by Crippen LogP contribution is -2.19. The van der Waals surface area contributed by atoms with E-state index < -0.39 is 0 Å². The Bertz CT molecular complexity index is 682. The van der Waals surface area contributed by atoms with Gasteiger partial charge in [0, 0.05) is 47.4 Å². The summed E-state index contributed by atoms with van der Waals surface area (Å²) in [6.07, 6.45) is 5.27. The first kappa shape index (κ1) is 11.7. The summed E-state index contributed by atoms with van der Waals surface area (Å²) in [7, 11) is 1.63. The number of allylic oxidation sites excluding steroid dienone is 1. The van der Waals surface area contributed by atoms with E-state index in [0.717, 1.165) is 22.5 Å². The van der Waals surface area contributed by atoms with E-state index in [2.05, 4.69) is 27.9 Å². The Morgan fingerprint density at radius 2 is 2.26 bits per heavy atom. The van der Waals surface area contributed by atoms with Crippen LogP contribution in [0.3, 0.4) is 0 Å². The molecule has 2 N–H and O–H groups in total. The molecule has 2 heterocycles. The average Bonchev–Trinajstić information content (AvgIpc) is 2.88. The Hall–Kier alpha value is -2.33. The van der Waals surface area contributed by atoms with Crippen LogP contribution in [0.5, 0.6) is 0 Å². The summed E-state index contributed by atoms with van der Waals surface area (Å²) in [4.78, 5) is 7.37. The minimum atomic E-state index is -0.302. The number of aromatic nitrogens is 1. The molecule has 0 bridgehead atoms. The fourth-order valence-electron chi connectivity index (χ4n) is 2.14. The van der Waals surface area contributed by atoms with Crippen LogP contribution in [0, 0.1) is 0 Å². The van der Waals surface area contributed by atoms with Crippen LogP contribution in [0.25, 0.3) is 10.9 Å². The molecule has 2 aromatic rings. The Morgan fingerprint density at radius 1 is 1.37 bits per heavy atom. The number of benzene rings is 1. The number of dihydropyridines is 1. The van der Waals surface area contributed by atoms with Gasteiger partial charge < -0.3 is 15.0 Å². The maximum atomic E-state index is 5.25. The fraction of sp³-hybridized carbons (Fsp3) is 0.133. The van der Waals surface area contributed by atoms with Crippen molar-refractivity contribution in [3.63, 3.8) is 0 Å². The molecule has 1 aliphatic rings. The second-order valence-corrected chi connectivity index (χ2v) is 4.40. The number of rotatable bonds is 3. The molecule has 3 rings (SSSR count). The van der Waals surface area contributed by atoms with Crippen LogP contribution in [0.2, 0.25) is 0 Å². The molecule has 96 valence electrons. The molecule has 0 amide bonds. The Morgan fingerprint density at radius 3 is 3.11 bits per heavy atom. The van der Waals surface area contributed by atoms with Gasteiger partial charge in [-0.15, -0.1) is 0 Å². The molecule has 1 aromatic heterocycles. The van der Waals surface area contributed by atoms with Crippen molar-refractivity contribution in [2.75, 3.05) is 12.4 Å². The zero-order valence-electron chi connectivity index (χ0n) is 10.7. The molecule has 0 fully saturated rings. The van der Waals surface area contributed by atoms with E-state index in [1.165, 1.54) is 5.39 Å². The van der Waals surface area contributed by atoms with Crippen LogP contribution in [-0.4, -0.2) is 24.5 Å². The highest BCUT2D eigenvalue weighted by molar-refractivity contribution is 5.84. The number of hydrogen-bond acceptors (Lipinski definition) is 3. The molecule has 1 aromatic carbocycles. The summed E-state index contributed by atoms with van der Waals surface area (Å²) in [5, 5.41) is 4.52. The molecule has 19 heavy (non-hydrogen) atoms. The fourth-order valence-corrected chi connectivity index (χ4v) is 2.14. The lowest BCUT2D eigenvalue weighted by molar-refractivity contribution is 0.141. The number of fused-ring (bicyclic) bond motifs is 1. The zero-order valence-corrected chi connectivity index (χ0v) is 10.7. The SMILES string of the molecule is C=C1C(Nc2ccc3[nH]ccc3c2)=CC=NC1OC. The molecule has 0 radical (unpaired) electrons. The van der Waals surface area contributed by atoms with Gasteiger partial charge in [-0.1, -0.05) is 6.58 Å². The Labute approximate surface area is 111 Å². The van der Waals surface area contributed by atoms with Crippen molar-refractivity contribution in [1.29, 1.82) is 0 Å². The van der Waals surface area contributed by atoms with Gasteiger partial charge in [0.05, 0.1) is 0 Å². The molecular weight excluding hydrogens is 238 g/mol. The van der Waals surface area contributed by atoms with Crippen molar-refractivity contribution >= 4 is 22.8 Å². The van der Waals surface area contributed by atoms with E-state index >= 15 is 0 Å². The monoisotopic (exact) mass is 253 g/mol.